The average molecular weight is 254 g/mol. The molecule has 0 aliphatic heterocycles. The first-order chi connectivity index (χ1) is 9.24. The van der Waals surface area contributed by atoms with Gasteiger partial charge in [0.1, 0.15) is 5.75 Å². The van der Waals surface area contributed by atoms with Crippen LogP contribution in [0, 0.1) is 0 Å². The molecule has 1 aromatic heterocycles. The fourth-order valence-corrected chi connectivity index (χ4v) is 2.56. The van der Waals surface area contributed by atoms with Gasteiger partial charge in [-0.25, -0.2) is 4.98 Å². The van der Waals surface area contributed by atoms with Crippen molar-refractivity contribution in [2.75, 3.05) is 0 Å². The normalized spacial score (nSPS) is 15.1. The number of hydrogen-bond donors (Lipinski definition) is 1. The zero-order chi connectivity index (χ0) is 13.2. The number of pyridine rings is 1. The molecular formula is C16H18N2O. The highest BCUT2D eigenvalue weighted by molar-refractivity contribution is 5.41. The second-order valence-corrected chi connectivity index (χ2v) is 5.07. The molecule has 0 radical (unpaired) electrons. The van der Waals surface area contributed by atoms with Crippen molar-refractivity contribution in [1.82, 2.24) is 4.98 Å². The molecule has 0 spiro atoms. The van der Waals surface area contributed by atoms with E-state index in [1.54, 1.807) is 6.20 Å². The first kappa shape index (κ1) is 12.2. The molecule has 0 saturated carbocycles. The zero-order valence-corrected chi connectivity index (χ0v) is 11.1. The van der Waals surface area contributed by atoms with Gasteiger partial charge in [0, 0.05) is 17.8 Å². The Labute approximate surface area is 113 Å². The number of ether oxygens (including phenoxy) is 1. The summed E-state index contributed by atoms with van der Waals surface area (Å²) in [6.07, 6.45) is 5.31. The molecule has 2 aromatic rings. The number of nitrogens with two attached hydrogens (primary N) is 1. The summed E-state index contributed by atoms with van der Waals surface area (Å²) in [5.74, 6) is 1.46. The van der Waals surface area contributed by atoms with E-state index in [9.17, 15) is 0 Å². The van der Waals surface area contributed by atoms with Crippen molar-refractivity contribution in [2.45, 2.75) is 32.2 Å². The van der Waals surface area contributed by atoms with Crippen molar-refractivity contribution in [3.05, 3.63) is 53.2 Å². The van der Waals surface area contributed by atoms with Gasteiger partial charge in [-0.15, -0.1) is 0 Å². The Hall–Kier alpha value is -1.87. The Morgan fingerprint density at radius 3 is 2.89 bits per heavy atom. The first-order valence-electron chi connectivity index (χ1n) is 6.74. The molecule has 0 bridgehead atoms. The molecule has 1 heterocycles. The monoisotopic (exact) mass is 254 g/mol. The molecule has 1 aliphatic carbocycles. The van der Waals surface area contributed by atoms with E-state index < -0.39 is 0 Å². The molecule has 1 unspecified atom stereocenters. The van der Waals surface area contributed by atoms with Crippen molar-refractivity contribution in [1.29, 1.82) is 0 Å². The number of aromatic nitrogens is 1. The van der Waals surface area contributed by atoms with Crippen LogP contribution in [0.1, 0.15) is 36.1 Å². The van der Waals surface area contributed by atoms with Gasteiger partial charge in [0.2, 0.25) is 5.88 Å². The fraction of sp³-hybridized carbons (Fsp3) is 0.312. The summed E-state index contributed by atoms with van der Waals surface area (Å²) in [6.45, 7) is 1.94. The predicted octanol–water partition coefficient (Wildman–Crippen LogP) is 3.38. The quantitative estimate of drug-likeness (QED) is 0.913. The minimum atomic E-state index is -0.0851. The topological polar surface area (TPSA) is 48.1 Å². The number of nitrogens with zero attached hydrogens (tertiary/aromatic N) is 1. The van der Waals surface area contributed by atoms with Crippen LogP contribution in [-0.2, 0) is 12.8 Å². The van der Waals surface area contributed by atoms with E-state index in [1.165, 1.54) is 24.0 Å². The standard InChI is InChI=1S/C16H18N2O/c1-11(17)15-6-3-9-18-16(15)19-14-8-7-12-4-2-5-13(12)10-14/h3,6-11H,2,4-5,17H2,1H3. The highest BCUT2D eigenvalue weighted by Crippen LogP contribution is 2.30. The molecular weight excluding hydrogens is 236 g/mol. The van der Waals surface area contributed by atoms with Crippen molar-refractivity contribution in [3.63, 3.8) is 0 Å². The predicted molar refractivity (Wildman–Crippen MR) is 75.4 cm³/mol. The molecule has 98 valence electrons. The summed E-state index contributed by atoms with van der Waals surface area (Å²) in [5.41, 5.74) is 9.72. The van der Waals surface area contributed by atoms with Crippen molar-refractivity contribution >= 4 is 0 Å². The lowest BCUT2D eigenvalue weighted by atomic mass is 10.1. The van der Waals surface area contributed by atoms with Crippen molar-refractivity contribution < 1.29 is 4.74 Å². The maximum atomic E-state index is 5.94. The summed E-state index contributed by atoms with van der Waals surface area (Å²) >= 11 is 0. The average Bonchev–Trinajstić information content (AvgIpc) is 2.86. The lowest BCUT2D eigenvalue weighted by molar-refractivity contribution is 0.451. The summed E-state index contributed by atoms with van der Waals surface area (Å²) in [7, 11) is 0. The minimum absolute atomic E-state index is 0.0851. The summed E-state index contributed by atoms with van der Waals surface area (Å²) in [4.78, 5) is 4.29. The molecule has 3 nitrogen and oxygen atoms in total. The number of hydrogen-bond acceptors (Lipinski definition) is 3. The molecule has 1 aliphatic rings. The van der Waals surface area contributed by atoms with Gasteiger partial charge in [-0.1, -0.05) is 12.1 Å². The third-order valence-electron chi connectivity index (χ3n) is 3.58. The maximum absolute atomic E-state index is 5.94. The highest BCUT2D eigenvalue weighted by Gasteiger charge is 2.13. The summed E-state index contributed by atoms with van der Waals surface area (Å²) in [5, 5.41) is 0. The Kier molecular flexibility index (Phi) is 3.22. The first-order valence-corrected chi connectivity index (χ1v) is 6.74. The van der Waals surface area contributed by atoms with Crippen LogP contribution in [0.15, 0.2) is 36.5 Å². The molecule has 3 heteroatoms. The van der Waals surface area contributed by atoms with Gasteiger partial charge in [0.05, 0.1) is 0 Å². The van der Waals surface area contributed by atoms with Gasteiger partial charge in [-0.05, 0) is 55.5 Å². The van der Waals surface area contributed by atoms with Crippen LogP contribution in [0.3, 0.4) is 0 Å². The van der Waals surface area contributed by atoms with Gasteiger partial charge >= 0.3 is 0 Å². The van der Waals surface area contributed by atoms with Crippen LogP contribution in [0.2, 0.25) is 0 Å². The number of benzene rings is 1. The second-order valence-electron chi connectivity index (χ2n) is 5.07. The third-order valence-corrected chi connectivity index (χ3v) is 3.58. The number of rotatable bonds is 3. The van der Waals surface area contributed by atoms with E-state index in [1.807, 2.05) is 25.1 Å². The molecule has 1 atom stereocenters. The van der Waals surface area contributed by atoms with Crippen LogP contribution >= 0.6 is 0 Å². The molecule has 19 heavy (non-hydrogen) atoms. The lowest BCUT2D eigenvalue weighted by Crippen LogP contribution is -2.07. The van der Waals surface area contributed by atoms with E-state index in [4.69, 9.17) is 10.5 Å². The van der Waals surface area contributed by atoms with E-state index in [0.717, 1.165) is 17.7 Å². The van der Waals surface area contributed by atoms with E-state index in [0.29, 0.717) is 5.88 Å². The third kappa shape index (κ3) is 2.47. The summed E-state index contributed by atoms with van der Waals surface area (Å²) in [6, 6.07) is 10.1. The van der Waals surface area contributed by atoms with Gasteiger partial charge in [-0.2, -0.15) is 0 Å². The van der Waals surface area contributed by atoms with Crippen LogP contribution in [0.25, 0.3) is 0 Å². The number of fused-ring (bicyclic) bond motifs is 1. The maximum Gasteiger partial charge on any atom is 0.223 e. The van der Waals surface area contributed by atoms with Gasteiger partial charge in [0.15, 0.2) is 0 Å². The highest BCUT2D eigenvalue weighted by atomic mass is 16.5. The van der Waals surface area contributed by atoms with Crippen molar-refractivity contribution in [3.8, 4) is 11.6 Å². The SMILES string of the molecule is CC(N)c1cccnc1Oc1ccc2c(c1)CCC2. The number of aryl methyl sites for hydroxylation is 2. The minimum Gasteiger partial charge on any atom is -0.439 e. The second kappa shape index (κ2) is 5.02. The molecule has 0 fully saturated rings. The summed E-state index contributed by atoms with van der Waals surface area (Å²) < 4.78 is 5.90. The van der Waals surface area contributed by atoms with Crippen LogP contribution in [0.5, 0.6) is 11.6 Å². The van der Waals surface area contributed by atoms with E-state index >= 15 is 0 Å². The molecule has 0 amide bonds. The van der Waals surface area contributed by atoms with Crippen LogP contribution in [0.4, 0.5) is 0 Å². The molecule has 3 rings (SSSR count). The van der Waals surface area contributed by atoms with Gasteiger partial charge in [-0.3, -0.25) is 0 Å². The van der Waals surface area contributed by atoms with Crippen molar-refractivity contribution in [2.24, 2.45) is 5.73 Å². The largest absolute Gasteiger partial charge is 0.439 e. The molecule has 2 N–H and O–H groups in total. The molecule has 0 saturated heterocycles. The van der Waals surface area contributed by atoms with E-state index in [2.05, 4.69) is 17.1 Å². The van der Waals surface area contributed by atoms with Gasteiger partial charge < -0.3 is 10.5 Å². The Bertz CT molecular complexity index is 593. The van der Waals surface area contributed by atoms with Gasteiger partial charge in [0.25, 0.3) is 0 Å². The lowest BCUT2D eigenvalue weighted by Gasteiger charge is -2.12. The fourth-order valence-electron chi connectivity index (χ4n) is 2.56. The molecule has 1 aromatic carbocycles. The zero-order valence-electron chi connectivity index (χ0n) is 11.1. The van der Waals surface area contributed by atoms with Crippen LogP contribution < -0.4 is 10.5 Å². The smallest absolute Gasteiger partial charge is 0.223 e. The van der Waals surface area contributed by atoms with Crippen LogP contribution in [-0.4, -0.2) is 4.98 Å². The Morgan fingerprint density at radius 2 is 2.05 bits per heavy atom. The van der Waals surface area contributed by atoms with E-state index in [-0.39, 0.29) is 6.04 Å². The Balaban J connectivity index is 1.89. The Morgan fingerprint density at radius 1 is 1.21 bits per heavy atom.